The molecule has 2 aromatic heterocycles. The summed E-state index contributed by atoms with van der Waals surface area (Å²) in [5.41, 5.74) is 1.60. The van der Waals surface area contributed by atoms with Gasteiger partial charge >= 0.3 is 18.1 Å². The topological polar surface area (TPSA) is 97.9 Å². The summed E-state index contributed by atoms with van der Waals surface area (Å²) in [6.45, 7) is -0.944. The van der Waals surface area contributed by atoms with Crippen LogP contribution in [0.15, 0.2) is 47.0 Å². The van der Waals surface area contributed by atoms with Gasteiger partial charge in [-0.2, -0.15) is 13.2 Å². The third kappa shape index (κ3) is 6.29. The standard InChI is InChI=1S/C33H33F5N4O5/c1-40-17-24(23-5-3-4-6-26(23)40)30-39-25-12-9-19(28(35)29(25)47-30)13-27(43)41-15-20(34)14-22(41)16-42(32(45)33(36,37)38)21-10-7-18(8-11-21)31(44)46-2/h3-6,9,12,17-18,20-22H,7-8,10-11,13-16H2,1-2H3/t18?,20-,21?,22-/m0/s1. The van der Waals surface area contributed by atoms with Crippen molar-refractivity contribution in [3.05, 3.63) is 54.0 Å². The molecule has 47 heavy (non-hydrogen) atoms. The number of aromatic nitrogens is 2. The first kappa shape index (κ1) is 32.5. The van der Waals surface area contributed by atoms with Crippen molar-refractivity contribution in [1.82, 2.24) is 19.4 Å². The number of hydrogen-bond donors (Lipinski definition) is 0. The van der Waals surface area contributed by atoms with Crippen molar-refractivity contribution in [2.75, 3.05) is 20.2 Å². The summed E-state index contributed by atoms with van der Waals surface area (Å²) in [7, 11) is 3.09. The molecule has 250 valence electrons. The molecule has 2 amide bonds. The molecule has 1 aliphatic carbocycles. The summed E-state index contributed by atoms with van der Waals surface area (Å²) in [5, 5.41) is 0.854. The van der Waals surface area contributed by atoms with Crippen molar-refractivity contribution in [2.45, 2.75) is 63.0 Å². The highest BCUT2D eigenvalue weighted by atomic mass is 19.4. The third-order valence-electron chi connectivity index (χ3n) is 9.31. The van der Waals surface area contributed by atoms with E-state index < -0.39 is 73.5 Å². The lowest BCUT2D eigenvalue weighted by molar-refractivity contribution is -0.189. The van der Waals surface area contributed by atoms with E-state index in [1.54, 1.807) is 0 Å². The number of likely N-dealkylation sites (tertiary alicyclic amines) is 1. The summed E-state index contributed by atoms with van der Waals surface area (Å²) < 4.78 is 84.0. The number of alkyl halides is 4. The average Bonchev–Trinajstić information content (AvgIpc) is 3.75. The highest BCUT2D eigenvalue weighted by Gasteiger charge is 2.48. The van der Waals surface area contributed by atoms with Gasteiger partial charge in [0.25, 0.3) is 0 Å². The number of hydrogen-bond acceptors (Lipinski definition) is 6. The Morgan fingerprint density at radius 2 is 1.81 bits per heavy atom. The van der Waals surface area contributed by atoms with Crippen LogP contribution in [-0.2, 0) is 32.6 Å². The van der Waals surface area contributed by atoms with Gasteiger partial charge < -0.3 is 23.5 Å². The number of nitrogens with zero attached hydrogens (tertiary/aromatic N) is 4. The maximum absolute atomic E-state index is 15.7. The first-order valence-electron chi connectivity index (χ1n) is 15.4. The van der Waals surface area contributed by atoms with Crippen molar-refractivity contribution in [3.8, 4) is 11.5 Å². The Morgan fingerprint density at radius 1 is 1.09 bits per heavy atom. The molecule has 0 bridgehead atoms. The van der Waals surface area contributed by atoms with Gasteiger partial charge in [-0.3, -0.25) is 14.4 Å². The highest BCUT2D eigenvalue weighted by Crippen LogP contribution is 2.35. The van der Waals surface area contributed by atoms with Gasteiger partial charge in [-0.05, 0) is 37.8 Å². The summed E-state index contributed by atoms with van der Waals surface area (Å²) in [5.74, 6) is -4.37. The lowest BCUT2D eigenvalue weighted by Gasteiger charge is -2.39. The molecule has 2 fully saturated rings. The van der Waals surface area contributed by atoms with Crippen LogP contribution in [0.3, 0.4) is 0 Å². The van der Waals surface area contributed by atoms with E-state index in [9.17, 15) is 31.9 Å². The molecule has 1 saturated heterocycles. The smallest absolute Gasteiger partial charge is 0.469 e. The minimum absolute atomic E-state index is 0.0477. The van der Waals surface area contributed by atoms with Gasteiger partial charge in [0, 0.05) is 48.7 Å². The van der Waals surface area contributed by atoms with Crippen LogP contribution in [0.5, 0.6) is 0 Å². The van der Waals surface area contributed by atoms with Gasteiger partial charge in [0.05, 0.1) is 37.6 Å². The quantitative estimate of drug-likeness (QED) is 0.186. The number of rotatable bonds is 7. The first-order chi connectivity index (χ1) is 22.3. The van der Waals surface area contributed by atoms with Crippen LogP contribution in [0.4, 0.5) is 22.0 Å². The van der Waals surface area contributed by atoms with Gasteiger partial charge in [0.2, 0.25) is 11.8 Å². The molecule has 0 spiro atoms. The van der Waals surface area contributed by atoms with E-state index in [-0.39, 0.29) is 54.7 Å². The predicted octanol–water partition coefficient (Wildman–Crippen LogP) is 5.73. The number of carbonyl (C=O) groups excluding carboxylic acids is 3. The van der Waals surface area contributed by atoms with Crippen molar-refractivity contribution in [2.24, 2.45) is 13.0 Å². The molecule has 14 heteroatoms. The summed E-state index contributed by atoms with van der Waals surface area (Å²) >= 11 is 0. The summed E-state index contributed by atoms with van der Waals surface area (Å²) in [6.07, 6.45) is -5.01. The van der Waals surface area contributed by atoms with Gasteiger partial charge in [0.1, 0.15) is 11.7 Å². The number of carbonyl (C=O) groups is 3. The molecule has 9 nitrogen and oxygen atoms in total. The van der Waals surface area contributed by atoms with Gasteiger partial charge in [-0.1, -0.05) is 24.3 Å². The molecule has 2 aromatic carbocycles. The number of esters is 1. The fraction of sp³-hybridized carbons (Fsp3) is 0.455. The average molecular weight is 661 g/mol. The molecule has 0 N–H and O–H groups in total. The number of ether oxygens (including phenoxy) is 1. The Bertz CT molecular complexity index is 1830. The maximum atomic E-state index is 15.7. The van der Waals surface area contributed by atoms with E-state index in [4.69, 9.17) is 9.15 Å². The Balaban J connectivity index is 1.21. The Hall–Kier alpha value is -4.49. The number of benzene rings is 2. The molecule has 0 unspecified atom stereocenters. The van der Waals surface area contributed by atoms with Crippen molar-refractivity contribution < 1.29 is 45.5 Å². The predicted molar refractivity (Wildman–Crippen MR) is 160 cm³/mol. The second-order valence-corrected chi connectivity index (χ2v) is 12.3. The van der Waals surface area contributed by atoms with Crippen LogP contribution in [0.1, 0.15) is 37.7 Å². The van der Waals surface area contributed by atoms with Crippen LogP contribution < -0.4 is 0 Å². The maximum Gasteiger partial charge on any atom is 0.471 e. The first-order valence-corrected chi connectivity index (χ1v) is 15.4. The Kier molecular flexibility index (Phi) is 8.70. The fourth-order valence-electron chi connectivity index (χ4n) is 6.94. The molecular formula is C33H33F5N4O5. The number of amides is 2. The van der Waals surface area contributed by atoms with Gasteiger partial charge in [0.15, 0.2) is 11.4 Å². The van der Waals surface area contributed by atoms with Crippen molar-refractivity contribution in [3.63, 3.8) is 0 Å². The monoisotopic (exact) mass is 660 g/mol. The van der Waals surface area contributed by atoms with Crippen LogP contribution >= 0.6 is 0 Å². The number of methoxy groups -OCH3 is 1. The zero-order valence-electron chi connectivity index (χ0n) is 25.7. The van der Waals surface area contributed by atoms with Crippen molar-refractivity contribution in [1.29, 1.82) is 0 Å². The lowest BCUT2D eigenvalue weighted by atomic mass is 9.85. The van der Waals surface area contributed by atoms with Crippen LogP contribution in [-0.4, -0.2) is 81.8 Å². The van der Waals surface area contributed by atoms with E-state index in [2.05, 4.69) is 4.98 Å². The fourth-order valence-corrected chi connectivity index (χ4v) is 6.94. The van der Waals surface area contributed by atoms with Gasteiger partial charge in [-0.25, -0.2) is 13.8 Å². The largest absolute Gasteiger partial charge is 0.471 e. The van der Waals surface area contributed by atoms with E-state index in [1.807, 2.05) is 42.1 Å². The molecule has 6 rings (SSSR count). The molecule has 2 aliphatic rings. The van der Waals surface area contributed by atoms with E-state index >= 15 is 4.39 Å². The van der Waals surface area contributed by atoms with Crippen molar-refractivity contribution >= 4 is 39.8 Å². The number of para-hydroxylation sites is 1. The number of halogens is 5. The third-order valence-corrected chi connectivity index (χ3v) is 9.31. The second kappa shape index (κ2) is 12.6. The highest BCUT2D eigenvalue weighted by molar-refractivity contribution is 5.95. The summed E-state index contributed by atoms with van der Waals surface area (Å²) in [6, 6.07) is 8.53. The number of aryl methyl sites for hydroxylation is 1. The van der Waals surface area contributed by atoms with Crippen LogP contribution in [0.25, 0.3) is 33.5 Å². The molecule has 4 aromatic rings. The zero-order valence-corrected chi connectivity index (χ0v) is 25.7. The van der Waals surface area contributed by atoms with Gasteiger partial charge in [-0.15, -0.1) is 0 Å². The molecule has 1 saturated carbocycles. The zero-order chi connectivity index (χ0) is 33.6. The molecule has 2 atom stereocenters. The van der Waals surface area contributed by atoms with E-state index in [0.29, 0.717) is 10.5 Å². The number of fused-ring (bicyclic) bond motifs is 2. The lowest BCUT2D eigenvalue weighted by Crippen LogP contribution is -2.54. The Labute approximate surface area is 266 Å². The normalized spacial score (nSPS) is 21.8. The number of oxazole rings is 1. The van der Waals surface area contributed by atoms with E-state index in [0.717, 1.165) is 15.8 Å². The minimum atomic E-state index is -5.19. The summed E-state index contributed by atoms with van der Waals surface area (Å²) in [4.78, 5) is 44.2. The molecular weight excluding hydrogens is 627 g/mol. The second-order valence-electron chi connectivity index (χ2n) is 12.3. The Morgan fingerprint density at radius 3 is 2.51 bits per heavy atom. The minimum Gasteiger partial charge on any atom is -0.469 e. The molecule has 1 aliphatic heterocycles. The van der Waals surface area contributed by atoms with E-state index in [1.165, 1.54) is 19.2 Å². The SMILES string of the molecule is COC(=O)C1CCC(N(C[C@@H]2C[C@H](F)CN2C(=O)Cc2ccc3nc(-c4cn(C)c5ccccc45)oc3c2F)C(=O)C(F)(F)F)CC1. The van der Waals surface area contributed by atoms with Crippen LogP contribution in [0, 0.1) is 11.7 Å². The molecule has 3 heterocycles. The van der Waals surface area contributed by atoms with Crippen LogP contribution in [0.2, 0.25) is 0 Å². The molecule has 0 radical (unpaired) electrons.